The number of benzene rings is 2. The molecule has 2 aliphatic rings. The standard InChI is InChI=1S/C37H49N8O10P/c1-4-52-33(47)26(20-24-12-8-6-9-13-24)42-56(50,43-27(34(48)53-5-2)21-25-14-10-7-11-15-25)54-22-28-30(46)37(3,49)35(55-28)45-23-39-29-31(40-36(38)41-32(29)45)44-16-18-51-19-17-44/h6-15,23,26-28,30,35,46,49H,4-5,16-22H2,1-3H3,(H2,38,40,41)(H2,42,43,50)/t26-,27-,28+,30?,35+,37-/m0/s1. The number of nitrogens with one attached hydrogen (secondary N) is 2. The third-order valence-corrected chi connectivity index (χ3v) is 11.3. The van der Waals surface area contributed by atoms with Gasteiger partial charge in [0.1, 0.15) is 29.9 Å². The fourth-order valence-electron chi connectivity index (χ4n) is 6.71. The number of aromatic nitrogens is 4. The van der Waals surface area contributed by atoms with Gasteiger partial charge < -0.3 is 44.3 Å². The summed E-state index contributed by atoms with van der Waals surface area (Å²) in [6.07, 6.45) is -2.62. The van der Waals surface area contributed by atoms with Crippen LogP contribution in [0.4, 0.5) is 11.8 Å². The van der Waals surface area contributed by atoms with E-state index in [1.54, 1.807) is 62.4 Å². The van der Waals surface area contributed by atoms with Crippen LogP contribution < -0.4 is 20.8 Å². The molecule has 0 saturated carbocycles. The topological polar surface area (TPSA) is 235 Å². The normalized spacial score (nSPS) is 22.5. The molecule has 0 amide bonds. The molecule has 2 aromatic heterocycles. The minimum atomic E-state index is -4.48. The van der Waals surface area contributed by atoms with Gasteiger partial charge in [-0.25, -0.2) is 15.2 Å². The lowest BCUT2D eigenvalue weighted by Crippen LogP contribution is -2.47. The van der Waals surface area contributed by atoms with Crippen molar-refractivity contribution < 1.29 is 47.8 Å². The summed E-state index contributed by atoms with van der Waals surface area (Å²) < 4.78 is 45.0. The molecule has 2 fully saturated rings. The fourth-order valence-corrected chi connectivity index (χ4v) is 8.51. The van der Waals surface area contributed by atoms with Gasteiger partial charge in [-0.3, -0.25) is 18.7 Å². The highest BCUT2D eigenvalue weighted by atomic mass is 31.2. The van der Waals surface area contributed by atoms with Gasteiger partial charge in [-0.15, -0.1) is 0 Å². The first-order chi connectivity index (χ1) is 26.9. The Kier molecular flexibility index (Phi) is 13.3. The number of nitrogens with zero attached hydrogens (tertiary/aromatic N) is 5. The highest BCUT2D eigenvalue weighted by molar-refractivity contribution is 7.54. The van der Waals surface area contributed by atoms with E-state index >= 15 is 4.57 Å². The third-order valence-electron chi connectivity index (χ3n) is 9.52. The Hall–Kier alpha value is -4.52. The summed E-state index contributed by atoms with van der Waals surface area (Å²) in [4.78, 5) is 42.0. The summed E-state index contributed by atoms with van der Waals surface area (Å²) in [6, 6.07) is 15.7. The van der Waals surface area contributed by atoms with Crippen molar-refractivity contribution in [3.05, 3.63) is 78.1 Å². The smallest absolute Gasteiger partial charge is 0.342 e. The average molecular weight is 797 g/mol. The Bertz CT molecular complexity index is 1910. The second-order valence-electron chi connectivity index (χ2n) is 13.6. The first-order valence-electron chi connectivity index (χ1n) is 18.5. The second kappa shape index (κ2) is 18.2. The van der Waals surface area contributed by atoms with Crippen molar-refractivity contribution in [1.29, 1.82) is 0 Å². The van der Waals surface area contributed by atoms with E-state index in [-0.39, 0.29) is 37.7 Å². The number of ether oxygens (including phenoxy) is 4. The van der Waals surface area contributed by atoms with Crippen LogP contribution in [0.5, 0.6) is 0 Å². The van der Waals surface area contributed by atoms with Crippen LogP contribution in [0, 0.1) is 0 Å². The highest BCUT2D eigenvalue weighted by Crippen LogP contribution is 2.45. The lowest BCUT2D eigenvalue weighted by Gasteiger charge is -2.30. The zero-order valence-electron chi connectivity index (χ0n) is 31.5. The maximum atomic E-state index is 15.0. The number of aliphatic hydroxyl groups is 2. The molecule has 1 unspecified atom stereocenters. The minimum Gasteiger partial charge on any atom is -0.465 e. The summed E-state index contributed by atoms with van der Waals surface area (Å²) in [5, 5.41) is 28.9. The van der Waals surface area contributed by atoms with Crippen LogP contribution in [-0.2, 0) is 50.5 Å². The lowest BCUT2D eigenvalue weighted by molar-refractivity contribution is -0.145. The van der Waals surface area contributed by atoms with Gasteiger partial charge in [-0.05, 0) is 44.7 Å². The zero-order chi connectivity index (χ0) is 39.9. The van der Waals surface area contributed by atoms with Crippen molar-refractivity contribution >= 4 is 42.5 Å². The Morgan fingerprint density at radius 2 is 1.52 bits per heavy atom. The molecule has 56 heavy (non-hydrogen) atoms. The number of hydrogen-bond acceptors (Lipinski definition) is 15. The minimum absolute atomic E-state index is 0.0322. The number of imidazole rings is 1. The molecule has 0 spiro atoms. The monoisotopic (exact) mass is 796 g/mol. The molecule has 2 aliphatic heterocycles. The molecule has 19 heteroatoms. The zero-order valence-corrected chi connectivity index (χ0v) is 32.4. The molecule has 6 atom stereocenters. The van der Waals surface area contributed by atoms with Gasteiger partial charge in [0.05, 0.1) is 39.4 Å². The fraction of sp³-hybridized carbons (Fsp3) is 0.486. The lowest BCUT2D eigenvalue weighted by atomic mass is 9.96. The maximum Gasteiger partial charge on any atom is 0.342 e. The molecule has 6 rings (SSSR count). The van der Waals surface area contributed by atoms with Gasteiger partial charge in [-0.1, -0.05) is 60.7 Å². The Morgan fingerprint density at radius 1 is 0.964 bits per heavy atom. The molecular weight excluding hydrogens is 747 g/mol. The van der Waals surface area contributed by atoms with E-state index in [9.17, 15) is 19.8 Å². The number of nitrogens with two attached hydrogens (primary N) is 1. The molecule has 0 bridgehead atoms. The van der Waals surface area contributed by atoms with Crippen LogP contribution in [0.2, 0.25) is 0 Å². The van der Waals surface area contributed by atoms with E-state index in [4.69, 9.17) is 29.2 Å². The quantitative estimate of drug-likeness (QED) is 0.0758. The molecule has 18 nitrogen and oxygen atoms in total. The van der Waals surface area contributed by atoms with E-state index in [2.05, 4.69) is 25.1 Å². The summed E-state index contributed by atoms with van der Waals surface area (Å²) in [6.45, 7) is 6.31. The Morgan fingerprint density at radius 3 is 2.05 bits per heavy atom. The van der Waals surface area contributed by atoms with Crippen LogP contribution in [0.1, 0.15) is 38.1 Å². The number of esters is 2. The number of hydrogen-bond donors (Lipinski definition) is 5. The van der Waals surface area contributed by atoms with Crippen LogP contribution in [0.25, 0.3) is 11.2 Å². The van der Waals surface area contributed by atoms with Crippen LogP contribution in [0.15, 0.2) is 67.0 Å². The summed E-state index contributed by atoms with van der Waals surface area (Å²) >= 11 is 0. The number of anilines is 2. The molecule has 2 aromatic carbocycles. The summed E-state index contributed by atoms with van der Waals surface area (Å²) in [7, 11) is -4.48. The Balaban J connectivity index is 1.29. The number of carbonyl (C=O) groups excluding carboxylic acids is 2. The Labute approximate surface area is 324 Å². The van der Waals surface area contributed by atoms with E-state index in [1.807, 2.05) is 17.0 Å². The highest BCUT2D eigenvalue weighted by Gasteiger charge is 2.54. The molecule has 0 radical (unpaired) electrons. The number of rotatable bonds is 17. The molecule has 6 N–H and O–H groups in total. The van der Waals surface area contributed by atoms with E-state index in [0.29, 0.717) is 37.6 Å². The van der Waals surface area contributed by atoms with Gasteiger partial charge in [0.2, 0.25) is 5.95 Å². The molecule has 4 heterocycles. The van der Waals surface area contributed by atoms with Crippen molar-refractivity contribution in [3.63, 3.8) is 0 Å². The van der Waals surface area contributed by atoms with Crippen LogP contribution >= 0.6 is 7.67 Å². The van der Waals surface area contributed by atoms with Crippen molar-refractivity contribution in [2.24, 2.45) is 0 Å². The molecule has 302 valence electrons. The van der Waals surface area contributed by atoms with E-state index in [1.165, 1.54) is 17.8 Å². The van der Waals surface area contributed by atoms with Gasteiger partial charge in [0, 0.05) is 13.1 Å². The van der Waals surface area contributed by atoms with Crippen molar-refractivity contribution in [3.8, 4) is 0 Å². The van der Waals surface area contributed by atoms with Crippen LogP contribution in [-0.4, -0.2) is 118 Å². The van der Waals surface area contributed by atoms with Gasteiger partial charge in [0.25, 0.3) is 0 Å². The van der Waals surface area contributed by atoms with Crippen LogP contribution in [0.3, 0.4) is 0 Å². The van der Waals surface area contributed by atoms with E-state index in [0.717, 1.165) is 11.1 Å². The number of morpholine rings is 1. The number of nitrogen functional groups attached to an aromatic ring is 1. The predicted octanol–water partition coefficient (Wildman–Crippen LogP) is 1.91. The molecular formula is C37H49N8O10P. The number of carbonyl (C=O) groups is 2. The number of fused-ring (bicyclic) bond motifs is 1. The summed E-state index contributed by atoms with van der Waals surface area (Å²) in [5.74, 6) is -0.954. The third kappa shape index (κ3) is 9.53. The molecule has 4 aromatic rings. The largest absolute Gasteiger partial charge is 0.465 e. The number of aliphatic hydroxyl groups excluding tert-OH is 1. The molecule has 0 aliphatic carbocycles. The first-order valence-corrected chi connectivity index (χ1v) is 20.1. The van der Waals surface area contributed by atoms with Crippen molar-refractivity contribution in [2.45, 2.75) is 69.7 Å². The maximum absolute atomic E-state index is 15.0. The van der Waals surface area contributed by atoms with Gasteiger partial charge >= 0.3 is 19.6 Å². The first kappa shape index (κ1) is 41.1. The molecule has 2 saturated heterocycles. The van der Waals surface area contributed by atoms with Crippen molar-refractivity contribution in [2.75, 3.05) is 56.8 Å². The SMILES string of the molecule is CCOC(=O)[C@H](Cc1ccccc1)NP(=O)(N[C@@H](Cc1ccccc1)C(=O)OCC)OC[C@H]1O[C@@H](n2cnc3c(N4CCOCC4)nc(N)nc32)[C@@](C)(O)C1O. The van der Waals surface area contributed by atoms with E-state index < -0.39 is 62.3 Å². The van der Waals surface area contributed by atoms with Gasteiger partial charge in [-0.2, -0.15) is 9.97 Å². The summed E-state index contributed by atoms with van der Waals surface area (Å²) in [5.41, 5.74) is 6.30. The van der Waals surface area contributed by atoms with Crippen molar-refractivity contribution in [1.82, 2.24) is 29.7 Å². The predicted molar refractivity (Wildman–Crippen MR) is 204 cm³/mol. The average Bonchev–Trinajstić information content (AvgIpc) is 3.70. The van der Waals surface area contributed by atoms with Gasteiger partial charge in [0.15, 0.2) is 23.2 Å². The second-order valence-corrected chi connectivity index (χ2v) is 15.5.